The monoisotopic (exact) mass is 461 g/mol. The van der Waals surface area contributed by atoms with Gasteiger partial charge in [-0.25, -0.2) is 13.2 Å². The maximum atomic E-state index is 12.8. The molecule has 0 aromatic heterocycles. The van der Waals surface area contributed by atoms with Crippen molar-refractivity contribution in [3.63, 3.8) is 0 Å². The van der Waals surface area contributed by atoms with E-state index in [1.165, 1.54) is 46.8 Å². The molecule has 0 bridgehead atoms. The SMILES string of the molecule is N#Cc1ccc(NC(=O)COC(=O)c2cccc(S(=O)(=O)N3CCCCC3)c2)cc1Cl. The maximum absolute atomic E-state index is 12.8. The molecule has 1 aliphatic rings. The summed E-state index contributed by atoms with van der Waals surface area (Å²) in [5, 5.41) is 11.6. The van der Waals surface area contributed by atoms with Crippen LogP contribution >= 0.6 is 11.6 Å². The molecule has 31 heavy (non-hydrogen) atoms. The second kappa shape index (κ2) is 9.92. The van der Waals surface area contributed by atoms with Gasteiger partial charge in [0.25, 0.3) is 5.91 Å². The largest absolute Gasteiger partial charge is 0.452 e. The number of nitriles is 1. The number of nitrogens with zero attached hydrogens (tertiary/aromatic N) is 2. The average Bonchev–Trinajstić information content (AvgIpc) is 2.78. The van der Waals surface area contributed by atoms with E-state index < -0.39 is 28.5 Å². The fraction of sp³-hybridized carbons (Fsp3) is 0.286. The first kappa shape index (κ1) is 22.7. The van der Waals surface area contributed by atoms with Crippen LogP contribution in [0.5, 0.6) is 0 Å². The van der Waals surface area contributed by atoms with Crippen LogP contribution in [0, 0.1) is 11.3 Å². The molecule has 8 nitrogen and oxygen atoms in total. The Kier molecular flexibility index (Phi) is 7.28. The summed E-state index contributed by atoms with van der Waals surface area (Å²) in [5.74, 6) is -1.42. The van der Waals surface area contributed by atoms with Gasteiger partial charge in [0.05, 0.1) is 21.0 Å². The van der Waals surface area contributed by atoms with Crippen molar-refractivity contribution >= 4 is 39.2 Å². The lowest BCUT2D eigenvalue weighted by atomic mass is 10.2. The van der Waals surface area contributed by atoms with E-state index in [4.69, 9.17) is 21.6 Å². The van der Waals surface area contributed by atoms with E-state index in [-0.39, 0.29) is 21.0 Å². The summed E-state index contributed by atoms with van der Waals surface area (Å²) in [5.41, 5.74) is 0.650. The van der Waals surface area contributed by atoms with Crippen molar-refractivity contribution in [1.82, 2.24) is 4.31 Å². The van der Waals surface area contributed by atoms with Gasteiger partial charge in [-0.1, -0.05) is 24.1 Å². The number of rotatable bonds is 6. The Morgan fingerprint density at radius 2 is 1.87 bits per heavy atom. The summed E-state index contributed by atoms with van der Waals surface area (Å²) in [6.07, 6.45) is 2.61. The van der Waals surface area contributed by atoms with Gasteiger partial charge in [0.15, 0.2) is 6.61 Å². The first-order valence-corrected chi connectivity index (χ1v) is 11.4. The summed E-state index contributed by atoms with van der Waals surface area (Å²) in [7, 11) is -3.69. The summed E-state index contributed by atoms with van der Waals surface area (Å²) >= 11 is 5.92. The molecule has 3 rings (SSSR count). The van der Waals surface area contributed by atoms with E-state index >= 15 is 0 Å². The average molecular weight is 462 g/mol. The van der Waals surface area contributed by atoms with Crippen LogP contribution in [-0.4, -0.2) is 44.3 Å². The van der Waals surface area contributed by atoms with Gasteiger partial charge in [0, 0.05) is 18.8 Å². The van der Waals surface area contributed by atoms with Gasteiger partial charge in [-0.2, -0.15) is 9.57 Å². The molecule has 1 saturated heterocycles. The van der Waals surface area contributed by atoms with E-state index in [9.17, 15) is 18.0 Å². The molecule has 0 atom stereocenters. The topological polar surface area (TPSA) is 117 Å². The molecule has 2 aromatic carbocycles. The molecule has 162 valence electrons. The van der Waals surface area contributed by atoms with Crippen molar-refractivity contribution in [2.24, 2.45) is 0 Å². The third-order valence-electron chi connectivity index (χ3n) is 4.73. The van der Waals surface area contributed by atoms with Crippen LogP contribution in [0.1, 0.15) is 35.2 Å². The van der Waals surface area contributed by atoms with Crippen LogP contribution < -0.4 is 5.32 Å². The molecule has 0 spiro atoms. The number of piperidine rings is 1. The maximum Gasteiger partial charge on any atom is 0.338 e. The number of amides is 1. The van der Waals surface area contributed by atoms with Gasteiger partial charge in [-0.3, -0.25) is 4.79 Å². The number of carbonyl (C=O) groups is 2. The molecule has 1 N–H and O–H groups in total. The highest BCUT2D eigenvalue weighted by Crippen LogP contribution is 2.22. The molecule has 1 heterocycles. The molecule has 1 fully saturated rings. The van der Waals surface area contributed by atoms with Gasteiger partial charge in [-0.15, -0.1) is 0 Å². The molecule has 0 saturated carbocycles. The van der Waals surface area contributed by atoms with Crippen LogP contribution in [-0.2, 0) is 19.6 Å². The fourth-order valence-electron chi connectivity index (χ4n) is 3.13. The second-order valence-corrected chi connectivity index (χ2v) is 9.27. The molecule has 0 unspecified atom stereocenters. The number of ether oxygens (including phenoxy) is 1. The van der Waals surface area contributed by atoms with Gasteiger partial charge < -0.3 is 10.1 Å². The number of sulfonamides is 1. The van der Waals surface area contributed by atoms with Crippen LogP contribution in [0.25, 0.3) is 0 Å². The second-order valence-electron chi connectivity index (χ2n) is 6.92. The van der Waals surface area contributed by atoms with E-state index in [0.717, 1.165) is 19.3 Å². The lowest BCUT2D eigenvalue weighted by Gasteiger charge is -2.25. The summed E-state index contributed by atoms with van der Waals surface area (Å²) in [6.45, 7) is 0.340. The first-order valence-electron chi connectivity index (χ1n) is 9.58. The van der Waals surface area contributed by atoms with Crippen molar-refractivity contribution in [3.05, 3.63) is 58.6 Å². The normalized spacial score (nSPS) is 14.5. The van der Waals surface area contributed by atoms with Crippen LogP contribution in [0.2, 0.25) is 5.02 Å². The number of hydrogen-bond donors (Lipinski definition) is 1. The van der Waals surface area contributed by atoms with Gasteiger partial charge in [-0.05, 0) is 49.2 Å². The van der Waals surface area contributed by atoms with Crippen molar-refractivity contribution in [1.29, 1.82) is 5.26 Å². The van der Waals surface area contributed by atoms with E-state index in [1.807, 2.05) is 6.07 Å². The Morgan fingerprint density at radius 1 is 1.13 bits per heavy atom. The lowest BCUT2D eigenvalue weighted by molar-refractivity contribution is -0.119. The Hall–Kier alpha value is -2.93. The van der Waals surface area contributed by atoms with E-state index in [2.05, 4.69) is 5.32 Å². The number of carbonyl (C=O) groups excluding carboxylic acids is 2. The van der Waals surface area contributed by atoms with Crippen LogP contribution in [0.15, 0.2) is 47.4 Å². The third kappa shape index (κ3) is 5.61. The summed E-state index contributed by atoms with van der Waals surface area (Å²) in [4.78, 5) is 24.4. The lowest BCUT2D eigenvalue weighted by Crippen LogP contribution is -2.35. The number of nitrogens with one attached hydrogen (secondary N) is 1. The third-order valence-corrected chi connectivity index (χ3v) is 6.94. The van der Waals surface area contributed by atoms with Crippen molar-refractivity contribution in [2.45, 2.75) is 24.2 Å². The minimum Gasteiger partial charge on any atom is -0.452 e. The smallest absolute Gasteiger partial charge is 0.338 e. The number of esters is 1. The molecule has 0 radical (unpaired) electrons. The zero-order chi connectivity index (χ0) is 22.4. The minimum absolute atomic E-state index is 0.0144. The van der Waals surface area contributed by atoms with E-state index in [0.29, 0.717) is 18.8 Å². The zero-order valence-electron chi connectivity index (χ0n) is 16.5. The minimum atomic E-state index is -3.69. The van der Waals surface area contributed by atoms with Crippen LogP contribution in [0.3, 0.4) is 0 Å². The number of benzene rings is 2. The molecule has 1 amide bonds. The van der Waals surface area contributed by atoms with Crippen LogP contribution in [0.4, 0.5) is 5.69 Å². The molecular weight excluding hydrogens is 442 g/mol. The standard InChI is InChI=1S/C21H20ClN3O5S/c22-19-12-17(8-7-16(19)13-23)24-20(26)14-30-21(27)15-5-4-6-18(11-15)31(28,29)25-9-2-1-3-10-25/h4-8,11-12H,1-3,9-10,14H2,(H,24,26). The summed E-state index contributed by atoms with van der Waals surface area (Å²) in [6, 6.07) is 11.9. The molecule has 10 heteroatoms. The number of hydrogen-bond acceptors (Lipinski definition) is 6. The Balaban J connectivity index is 1.62. The highest BCUT2D eigenvalue weighted by Gasteiger charge is 2.26. The van der Waals surface area contributed by atoms with Gasteiger partial charge in [0.1, 0.15) is 6.07 Å². The molecule has 0 aliphatic carbocycles. The molecular formula is C21H20ClN3O5S. The zero-order valence-corrected chi connectivity index (χ0v) is 18.1. The predicted octanol–water partition coefficient (Wildman–Crippen LogP) is 3.18. The van der Waals surface area contributed by atoms with Gasteiger partial charge in [0.2, 0.25) is 10.0 Å². The predicted molar refractivity (Wildman–Crippen MR) is 114 cm³/mol. The van der Waals surface area contributed by atoms with Gasteiger partial charge >= 0.3 is 5.97 Å². The summed E-state index contributed by atoms with van der Waals surface area (Å²) < 4.78 is 32.0. The Bertz CT molecular complexity index is 1140. The molecule has 2 aromatic rings. The Labute approximate surface area is 185 Å². The highest BCUT2D eigenvalue weighted by atomic mass is 35.5. The first-order chi connectivity index (χ1) is 14.8. The van der Waals surface area contributed by atoms with Crippen molar-refractivity contribution in [2.75, 3.05) is 25.0 Å². The van der Waals surface area contributed by atoms with Crippen molar-refractivity contribution in [3.8, 4) is 6.07 Å². The quantitative estimate of drug-likeness (QED) is 0.660. The Morgan fingerprint density at radius 3 is 2.55 bits per heavy atom. The number of anilines is 1. The fourth-order valence-corrected chi connectivity index (χ4v) is 4.92. The number of halogens is 1. The highest BCUT2D eigenvalue weighted by molar-refractivity contribution is 7.89. The molecule has 1 aliphatic heterocycles. The van der Waals surface area contributed by atoms with Crippen molar-refractivity contribution < 1.29 is 22.7 Å². The van der Waals surface area contributed by atoms with E-state index in [1.54, 1.807) is 0 Å².